The monoisotopic (exact) mass is 555 g/mol. The third-order valence-corrected chi connectivity index (χ3v) is 7.76. The fraction of sp³-hybridized carbons (Fsp3) is 0.462. The van der Waals surface area contributed by atoms with Crippen molar-refractivity contribution in [2.24, 2.45) is 0 Å². The number of amides is 2. The Morgan fingerprint density at radius 2 is 1.64 bits per heavy atom. The molecule has 0 bridgehead atoms. The van der Waals surface area contributed by atoms with Crippen LogP contribution in [0.3, 0.4) is 0 Å². The Morgan fingerprint density at radius 1 is 1.03 bits per heavy atom. The van der Waals surface area contributed by atoms with E-state index in [1.807, 2.05) is 26.0 Å². The van der Waals surface area contributed by atoms with Gasteiger partial charge in [-0.25, -0.2) is 8.42 Å². The van der Waals surface area contributed by atoms with Crippen molar-refractivity contribution in [3.05, 3.63) is 63.6 Å². The summed E-state index contributed by atoms with van der Waals surface area (Å²) >= 11 is 12.7. The molecule has 36 heavy (non-hydrogen) atoms. The minimum atomic E-state index is -3.54. The maximum atomic E-state index is 13.4. The molecule has 0 aromatic heterocycles. The number of carbonyl (C=O) groups excluding carboxylic acids is 2. The van der Waals surface area contributed by atoms with E-state index in [-0.39, 0.29) is 37.7 Å². The number of nitrogens with zero attached hydrogens (tertiary/aromatic N) is 2. The van der Waals surface area contributed by atoms with Crippen molar-refractivity contribution < 1.29 is 18.0 Å². The first-order valence-corrected chi connectivity index (χ1v) is 14.6. The lowest BCUT2D eigenvalue weighted by Gasteiger charge is -2.30. The van der Waals surface area contributed by atoms with E-state index in [1.165, 1.54) is 9.21 Å². The van der Waals surface area contributed by atoms with Crippen LogP contribution in [0.4, 0.5) is 5.69 Å². The van der Waals surface area contributed by atoms with E-state index >= 15 is 0 Å². The van der Waals surface area contributed by atoms with Gasteiger partial charge in [-0.2, -0.15) is 0 Å². The maximum Gasteiger partial charge on any atom is 0.242 e. The van der Waals surface area contributed by atoms with Gasteiger partial charge in [-0.15, -0.1) is 0 Å². The van der Waals surface area contributed by atoms with Crippen LogP contribution in [0.1, 0.15) is 50.7 Å². The summed E-state index contributed by atoms with van der Waals surface area (Å²) in [5.74, 6) is -0.557. The topological polar surface area (TPSA) is 86.8 Å². The van der Waals surface area contributed by atoms with Gasteiger partial charge in [0.15, 0.2) is 0 Å². The van der Waals surface area contributed by atoms with Gasteiger partial charge in [0.1, 0.15) is 6.04 Å². The highest BCUT2D eigenvalue weighted by atomic mass is 35.5. The molecule has 0 radical (unpaired) electrons. The molecule has 10 heteroatoms. The van der Waals surface area contributed by atoms with E-state index in [0.717, 1.165) is 24.7 Å². The summed E-state index contributed by atoms with van der Waals surface area (Å²) < 4.78 is 26.1. The molecule has 1 atom stereocenters. The number of hydrogen-bond donors (Lipinski definition) is 1. The summed E-state index contributed by atoms with van der Waals surface area (Å²) in [5, 5.41) is 3.68. The summed E-state index contributed by atoms with van der Waals surface area (Å²) in [6, 6.07) is 11.5. The van der Waals surface area contributed by atoms with Gasteiger partial charge in [-0.1, -0.05) is 60.3 Å². The van der Waals surface area contributed by atoms with E-state index < -0.39 is 16.1 Å². The van der Waals surface area contributed by atoms with E-state index in [0.29, 0.717) is 27.8 Å². The van der Waals surface area contributed by atoms with Crippen LogP contribution in [-0.4, -0.2) is 50.5 Å². The molecule has 0 aliphatic heterocycles. The van der Waals surface area contributed by atoms with Crippen molar-refractivity contribution in [2.75, 3.05) is 23.7 Å². The van der Waals surface area contributed by atoms with Crippen molar-refractivity contribution in [1.29, 1.82) is 0 Å². The number of unbranched alkanes of at least 4 members (excludes halogenated alkanes) is 1. The smallest absolute Gasteiger partial charge is 0.242 e. The predicted molar refractivity (Wildman–Crippen MR) is 147 cm³/mol. The molecule has 0 saturated heterocycles. The summed E-state index contributed by atoms with van der Waals surface area (Å²) in [4.78, 5) is 27.6. The molecule has 0 aliphatic carbocycles. The van der Waals surface area contributed by atoms with Crippen LogP contribution in [0.15, 0.2) is 42.5 Å². The van der Waals surface area contributed by atoms with Crippen LogP contribution in [0, 0.1) is 6.92 Å². The number of benzene rings is 2. The fourth-order valence-corrected chi connectivity index (χ4v) is 5.17. The fourth-order valence-electron chi connectivity index (χ4n) is 3.69. The number of carbonyl (C=O) groups is 2. The highest BCUT2D eigenvalue weighted by Gasteiger charge is 2.27. The highest BCUT2D eigenvalue weighted by molar-refractivity contribution is 7.92. The second kappa shape index (κ2) is 13.9. The molecule has 198 valence electrons. The standard InChI is InChI=1S/C26H35Cl2N3O4S/c1-5-6-16-29-26(33)20(3)30(18-22-23(27)9-7-10-24(22)28)25(32)11-8-17-31(36(4,34)35)21-14-12-19(2)13-15-21/h7,9-10,12-15,20H,5-6,8,11,16-18H2,1-4H3,(H,29,33). The first-order chi connectivity index (χ1) is 17.0. The number of sulfonamides is 1. The minimum absolute atomic E-state index is 0.0481. The predicted octanol–water partition coefficient (Wildman–Crippen LogP) is 5.18. The van der Waals surface area contributed by atoms with Gasteiger partial charge in [0.2, 0.25) is 21.8 Å². The number of aryl methyl sites for hydroxylation is 1. The Hall–Kier alpha value is -2.29. The number of halogens is 2. The third kappa shape index (κ3) is 8.68. The molecule has 0 aliphatic rings. The minimum Gasteiger partial charge on any atom is -0.354 e. The average Bonchev–Trinajstić information content (AvgIpc) is 2.81. The summed E-state index contributed by atoms with van der Waals surface area (Å²) in [5.41, 5.74) is 2.11. The third-order valence-electron chi connectivity index (χ3n) is 5.86. The Bertz CT molecular complexity index is 1120. The molecule has 0 spiro atoms. The first kappa shape index (κ1) is 29.9. The van der Waals surface area contributed by atoms with Gasteiger partial charge in [0.05, 0.1) is 11.9 Å². The molecule has 2 aromatic carbocycles. The van der Waals surface area contributed by atoms with Crippen molar-refractivity contribution in [2.45, 2.75) is 59.0 Å². The number of rotatable bonds is 13. The lowest BCUT2D eigenvalue weighted by Crippen LogP contribution is -2.48. The lowest BCUT2D eigenvalue weighted by atomic mass is 10.1. The molecule has 0 fully saturated rings. The van der Waals surface area contributed by atoms with Crippen molar-refractivity contribution >= 4 is 50.7 Å². The van der Waals surface area contributed by atoms with Gasteiger partial charge < -0.3 is 10.2 Å². The van der Waals surface area contributed by atoms with Crippen molar-refractivity contribution in [3.8, 4) is 0 Å². The van der Waals surface area contributed by atoms with Crippen LogP contribution in [0.2, 0.25) is 10.0 Å². The SMILES string of the molecule is CCCCNC(=O)C(C)N(Cc1c(Cl)cccc1Cl)C(=O)CCCN(c1ccc(C)cc1)S(C)(=O)=O. The molecular formula is C26H35Cl2N3O4S. The summed E-state index contributed by atoms with van der Waals surface area (Å²) in [6.45, 7) is 6.33. The van der Waals surface area contributed by atoms with E-state index in [9.17, 15) is 18.0 Å². The second-order valence-electron chi connectivity index (χ2n) is 8.82. The van der Waals surface area contributed by atoms with Crippen LogP contribution in [0.5, 0.6) is 0 Å². The second-order valence-corrected chi connectivity index (χ2v) is 11.5. The number of nitrogens with one attached hydrogen (secondary N) is 1. The molecule has 7 nitrogen and oxygen atoms in total. The molecule has 0 saturated carbocycles. The maximum absolute atomic E-state index is 13.4. The molecule has 1 N–H and O–H groups in total. The average molecular weight is 557 g/mol. The van der Waals surface area contributed by atoms with Crippen LogP contribution < -0.4 is 9.62 Å². The largest absolute Gasteiger partial charge is 0.354 e. The Kier molecular flexibility index (Phi) is 11.5. The van der Waals surface area contributed by atoms with Gasteiger partial charge in [0.25, 0.3) is 0 Å². The summed E-state index contributed by atoms with van der Waals surface area (Å²) in [7, 11) is -3.54. The molecule has 2 amide bonds. The number of anilines is 1. The Labute approximate surface area is 224 Å². The molecule has 0 heterocycles. The zero-order valence-electron chi connectivity index (χ0n) is 21.3. The van der Waals surface area contributed by atoms with Crippen LogP contribution in [-0.2, 0) is 26.2 Å². The zero-order chi connectivity index (χ0) is 26.9. The molecule has 2 aromatic rings. The molecule has 2 rings (SSSR count). The van der Waals surface area contributed by atoms with Crippen LogP contribution >= 0.6 is 23.2 Å². The normalized spacial score (nSPS) is 12.2. The lowest BCUT2D eigenvalue weighted by molar-refractivity contribution is -0.140. The first-order valence-electron chi connectivity index (χ1n) is 12.0. The Morgan fingerprint density at radius 3 is 2.19 bits per heavy atom. The molecule has 1 unspecified atom stereocenters. The van der Waals surface area contributed by atoms with Crippen molar-refractivity contribution in [3.63, 3.8) is 0 Å². The Balaban J connectivity index is 2.19. The number of hydrogen-bond acceptors (Lipinski definition) is 4. The van der Waals surface area contributed by atoms with Crippen molar-refractivity contribution in [1.82, 2.24) is 10.2 Å². The van der Waals surface area contributed by atoms with Gasteiger partial charge in [-0.05, 0) is 51.0 Å². The van der Waals surface area contributed by atoms with Gasteiger partial charge >= 0.3 is 0 Å². The summed E-state index contributed by atoms with van der Waals surface area (Å²) in [6.07, 6.45) is 3.24. The highest BCUT2D eigenvalue weighted by Crippen LogP contribution is 2.27. The van der Waals surface area contributed by atoms with Gasteiger partial charge in [0, 0.05) is 41.7 Å². The van der Waals surface area contributed by atoms with E-state index in [4.69, 9.17) is 23.2 Å². The zero-order valence-corrected chi connectivity index (χ0v) is 23.6. The quantitative estimate of drug-likeness (QED) is 0.345. The van der Waals surface area contributed by atoms with Crippen LogP contribution in [0.25, 0.3) is 0 Å². The van der Waals surface area contributed by atoms with E-state index in [1.54, 1.807) is 37.3 Å². The van der Waals surface area contributed by atoms with E-state index in [2.05, 4.69) is 5.32 Å². The van der Waals surface area contributed by atoms with Gasteiger partial charge in [-0.3, -0.25) is 13.9 Å². The molecular weight excluding hydrogens is 521 g/mol.